The summed E-state index contributed by atoms with van der Waals surface area (Å²) in [5.41, 5.74) is 3.94. The zero-order chi connectivity index (χ0) is 40.2. The first kappa shape index (κ1) is 46.0. The van der Waals surface area contributed by atoms with Gasteiger partial charge in [0.15, 0.2) is 5.78 Å². The van der Waals surface area contributed by atoms with E-state index in [4.69, 9.17) is 4.98 Å². The molecule has 0 unspecified atom stereocenters. The van der Waals surface area contributed by atoms with Crippen molar-refractivity contribution in [3.63, 3.8) is 0 Å². The van der Waals surface area contributed by atoms with Gasteiger partial charge in [-0.25, -0.2) is 4.98 Å². The third-order valence-corrected chi connectivity index (χ3v) is 14.6. The molecule has 2 heterocycles. The predicted molar refractivity (Wildman–Crippen MR) is 221 cm³/mol. The summed E-state index contributed by atoms with van der Waals surface area (Å²) in [4.78, 5) is 21.2. The Bertz CT molecular complexity index is 2000. The van der Waals surface area contributed by atoms with Crippen LogP contribution in [-0.2, 0) is 36.7 Å². The van der Waals surface area contributed by atoms with E-state index in [9.17, 15) is 23.1 Å². The van der Waals surface area contributed by atoms with Gasteiger partial charge in [0, 0.05) is 43.7 Å². The number of rotatable bonds is 11. The largest absolute Gasteiger partial charge is 0.512 e. The standard InChI is InChI=1S/C33H34F3N2Si.C13H24O2.Ir/c1-31(2,3)26-17-24(16-23-10-8-9-11-25(23)26)29-30-27(37-20-38-29)18-28(39(30,6)7)22-14-12-21(13-15-22)19-32(4,5)33(34,35)36;1-5-10(6-2)12(14)9-13(15)11(7-3)8-4;/h8-15,17-18,20H,19H2,1-7H3;9-11,14H,5-8H2,1-4H3;/q-1;;/b;12-9-;. The van der Waals surface area contributed by atoms with Crippen molar-refractivity contribution >= 4 is 41.1 Å². The van der Waals surface area contributed by atoms with E-state index >= 15 is 0 Å². The molecule has 1 radical (unpaired) electrons. The van der Waals surface area contributed by atoms with Crippen LogP contribution in [0.15, 0.2) is 72.8 Å². The van der Waals surface area contributed by atoms with Gasteiger partial charge in [-0.2, -0.15) is 13.2 Å². The summed E-state index contributed by atoms with van der Waals surface area (Å²) in [7, 11) is -2.25. The Morgan fingerprint density at radius 2 is 1.45 bits per heavy atom. The molecule has 1 N–H and O–H groups in total. The first-order valence-electron chi connectivity index (χ1n) is 19.3. The summed E-state index contributed by atoms with van der Waals surface area (Å²) in [5.74, 6) is 0.547. The molecule has 3 aromatic carbocycles. The van der Waals surface area contributed by atoms with Gasteiger partial charge in [-0.1, -0.05) is 129 Å². The number of carbonyl (C=O) groups is 1. The van der Waals surface area contributed by atoms with Crippen LogP contribution in [0.5, 0.6) is 0 Å². The number of ketones is 1. The fourth-order valence-corrected chi connectivity index (χ4v) is 10.6. The minimum absolute atomic E-state index is 0. The average Bonchev–Trinajstić information content (AvgIpc) is 3.38. The number of hydrogen-bond acceptors (Lipinski definition) is 4. The van der Waals surface area contributed by atoms with E-state index in [0.29, 0.717) is 5.56 Å². The van der Waals surface area contributed by atoms with E-state index in [1.165, 1.54) is 41.3 Å². The number of aliphatic hydroxyl groups is 1. The summed E-state index contributed by atoms with van der Waals surface area (Å²) in [6.07, 6.45) is 4.37. The second-order valence-corrected chi connectivity index (χ2v) is 21.1. The molecule has 0 bridgehead atoms. The Morgan fingerprint density at radius 1 is 0.873 bits per heavy atom. The summed E-state index contributed by atoms with van der Waals surface area (Å²) in [6.45, 7) is 21.8. The Labute approximate surface area is 341 Å². The number of nitrogens with zero attached hydrogens (tertiary/aromatic N) is 2. The normalized spacial score (nSPS) is 14.3. The monoisotopic (exact) mass is 948 g/mol. The molecule has 1 aromatic heterocycles. The Morgan fingerprint density at radius 3 is 2.00 bits per heavy atom. The Kier molecular flexibility index (Phi) is 15.3. The number of aromatic nitrogens is 2. The van der Waals surface area contributed by atoms with E-state index < -0.39 is 19.7 Å². The van der Waals surface area contributed by atoms with Crippen molar-refractivity contribution in [2.75, 3.05) is 0 Å². The van der Waals surface area contributed by atoms with Crippen LogP contribution in [-0.4, -0.2) is 35.1 Å². The molecule has 0 atom stereocenters. The third kappa shape index (κ3) is 10.3. The number of benzene rings is 3. The van der Waals surface area contributed by atoms with Gasteiger partial charge < -0.3 is 5.11 Å². The van der Waals surface area contributed by atoms with E-state index in [-0.39, 0.29) is 55.3 Å². The molecule has 0 saturated heterocycles. The molecule has 9 heteroatoms. The molecule has 299 valence electrons. The van der Waals surface area contributed by atoms with E-state index in [1.54, 1.807) is 6.33 Å². The molecule has 5 rings (SSSR count). The molecule has 4 nitrogen and oxygen atoms in total. The molecular formula is C46H58F3IrN2O2Si-. The number of carbonyl (C=O) groups excluding carboxylic acids is 1. The number of allylic oxidation sites excluding steroid dienone is 2. The minimum Gasteiger partial charge on any atom is -0.512 e. The van der Waals surface area contributed by atoms with E-state index in [1.807, 2.05) is 58.0 Å². The van der Waals surface area contributed by atoms with Gasteiger partial charge in [-0.3, -0.25) is 9.78 Å². The van der Waals surface area contributed by atoms with Crippen molar-refractivity contribution in [3.8, 4) is 11.3 Å². The topological polar surface area (TPSA) is 63.1 Å². The second-order valence-electron chi connectivity index (χ2n) is 16.8. The van der Waals surface area contributed by atoms with Crippen molar-refractivity contribution in [1.29, 1.82) is 0 Å². The van der Waals surface area contributed by atoms with Gasteiger partial charge in [0.2, 0.25) is 0 Å². The third-order valence-electron chi connectivity index (χ3n) is 11.1. The van der Waals surface area contributed by atoms with Crippen LogP contribution in [0.25, 0.3) is 33.3 Å². The van der Waals surface area contributed by atoms with Crippen molar-refractivity contribution in [1.82, 2.24) is 9.97 Å². The zero-order valence-electron chi connectivity index (χ0n) is 34.3. The molecule has 0 aliphatic carbocycles. The molecular weight excluding hydrogens is 890 g/mol. The molecule has 0 saturated carbocycles. The van der Waals surface area contributed by atoms with Crippen molar-refractivity contribution in [2.45, 2.75) is 119 Å². The maximum atomic E-state index is 13.4. The number of halogens is 3. The van der Waals surface area contributed by atoms with Gasteiger partial charge in [0.05, 0.1) is 16.9 Å². The Balaban J connectivity index is 0.000000433. The molecule has 4 aromatic rings. The van der Waals surface area contributed by atoms with Crippen LogP contribution < -0.4 is 5.19 Å². The van der Waals surface area contributed by atoms with Crippen LogP contribution in [0.4, 0.5) is 13.2 Å². The first-order valence-corrected chi connectivity index (χ1v) is 22.3. The van der Waals surface area contributed by atoms with Crippen LogP contribution >= 0.6 is 0 Å². The fourth-order valence-electron chi connectivity index (χ4n) is 7.40. The molecule has 0 spiro atoms. The molecule has 1 aliphatic rings. The Hall–Kier alpha value is -3.39. The number of aliphatic hydroxyl groups excluding tert-OH is 1. The summed E-state index contributed by atoms with van der Waals surface area (Å²) in [6, 6.07) is 21.8. The molecule has 0 amide bonds. The van der Waals surface area contributed by atoms with E-state index in [0.717, 1.165) is 53.6 Å². The van der Waals surface area contributed by atoms with Crippen molar-refractivity contribution < 1.29 is 43.2 Å². The second kappa shape index (κ2) is 18.2. The van der Waals surface area contributed by atoms with Gasteiger partial charge in [-0.15, -0.1) is 29.1 Å². The maximum absolute atomic E-state index is 13.4. The smallest absolute Gasteiger partial charge is 0.394 e. The number of fused-ring (bicyclic) bond motifs is 2. The minimum atomic E-state index is -4.25. The van der Waals surface area contributed by atoms with Crippen LogP contribution in [0.2, 0.25) is 13.1 Å². The van der Waals surface area contributed by atoms with Gasteiger partial charge in [0.25, 0.3) is 0 Å². The maximum Gasteiger partial charge on any atom is 0.394 e. The quantitative estimate of drug-likeness (QED) is 0.0704. The van der Waals surface area contributed by atoms with Crippen molar-refractivity contribution in [2.24, 2.45) is 17.3 Å². The number of hydrogen-bond donors (Lipinski definition) is 1. The predicted octanol–water partition coefficient (Wildman–Crippen LogP) is 12.4. The van der Waals surface area contributed by atoms with Crippen molar-refractivity contribution in [3.05, 3.63) is 101 Å². The number of alkyl halides is 3. The summed E-state index contributed by atoms with van der Waals surface area (Å²) in [5, 5.41) is 14.4. The van der Waals surface area contributed by atoms with Crippen LogP contribution in [0.3, 0.4) is 0 Å². The van der Waals surface area contributed by atoms with Crippen LogP contribution in [0, 0.1) is 23.3 Å². The average molecular weight is 948 g/mol. The molecule has 1 aliphatic heterocycles. The van der Waals surface area contributed by atoms with E-state index in [2.05, 4.69) is 75.3 Å². The molecule has 55 heavy (non-hydrogen) atoms. The molecule has 0 fully saturated rings. The first-order chi connectivity index (χ1) is 25.2. The van der Waals surface area contributed by atoms with Gasteiger partial charge in [-0.05, 0) is 65.1 Å². The van der Waals surface area contributed by atoms with Gasteiger partial charge >= 0.3 is 6.18 Å². The van der Waals surface area contributed by atoms with Crippen LogP contribution in [0.1, 0.15) is 110 Å². The SMILES string of the molecule is CC(C)(C)c1cc(-c2ncnc3c2[Si](C)(C)C(c2ccc(CC(C)(C)C(F)(F)F)cc2)=C3)[c-]c2ccccc12.CCC(CC)C(=O)/C=C(\O)C(CC)CC.[Ir]. The summed E-state index contributed by atoms with van der Waals surface area (Å²) < 4.78 is 40.3. The fraction of sp³-hybridized carbons (Fsp3) is 0.457. The summed E-state index contributed by atoms with van der Waals surface area (Å²) >= 11 is 0. The zero-order valence-corrected chi connectivity index (χ0v) is 37.7. The van der Waals surface area contributed by atoms with Gasteiger partial charge in [0.1, 0.15) is 14.4 Å².